The van der Waals surface area contributed by atoms with Gasteiger partial charge in [-0.3, -0.25) is 0 Å². The number of alkyl halides is 1. The summed E-state index contributed by atoms with van der Waals surface area (Å²) in [6.07, 6.45) is 1.66. The third-order valence-electron chi connectivity index (χ3n) is 0.651. The lowest BCUT2D eigenvalue weighted by Crippen LogP contribution is -2.20. The Bertz CT molecular complexity index is 107. The van der Waals surface area contributed by atoms with Crippen LogP contribution in [0, 0.1) is 0 Å². The Hall–Kier alpha value is 0.140. The highest BCUT2D eigenvalue weighted by atomic mass is 35.5. The van der Waals surface area contributed by atoms with Crippen molar-refractivity contribution in [2.24, 2.45) is 0 Å². The van der Waals surface area contributed by atoms with Gasteiger partial charge >= 0.3 is 0 Å². The Morgan fingerprint density at radius 1 is 1.78 bits per heavy atom. The fourth-order valence-electron chi connectivity index (χ4n) is 0.294. The monoisotopic (exact) mass is 167 g/mol. The van der Waals surface area contributed by atoms with E-state index in [4.69, 9.17) is 11.6 Å². The molecule has 0 aromatic rings. The van der Waals surface area contributed by atoms with E-state index in [9.17, 15) is 4.21 Å². The van der Waals surface area contributed by atoms with Crippen molar-refractivity contribution in [3.63, 3.8) is 0 Å². The molecule has 0 aliphatic heterocycles. The van der Waals surface area contributed by atoms with Gasteiger partial charge < -0.3 is 0 Å². The molecule has 0 saturated carbocycles. The van der Waals surface area contributed by atoms with E-state index in [1.807, 2.05) is 0 Å². The van der Waals surface area contributed by atoms with Crippen LogP contribution >= 0.6 is 11.6 Å². The van der Waals surface area contributed by atoms with Gasteiger partial charge in [-0.15, -0.1) is 18.2 Å². The predicted molar refractivity (Wildman–Crippen MR) is 41.9 cm³/mol. The predicted octanol–water partition coefficient (Wildman–Crippen LogP) is 0.665. The zero-order valence-corrected chi connectivity index (χ0v) is 6.67. The standard InChI is InChI=1S/C5H10ClNOS/c1-2-4-7-9(8)5-3-6/h2,7H,1,3-5H2. The summed E-state index contributed by atoms with van der Waals surface area (Å²) in [5.74, 6) is 0.923. The number of hydrogen-bond donors (Lipinski definition) is 1. The lowest BCUT2D eigenvalue weighted by molar-refractivity contribution is 0.677. The molecule has 1 N–H and O–H groups in total. The quantitative estimate of drug-likeness (QED) is 0.473. The molecule has 0 rings (SSSR count). The summed E-state index contributed by atoms with van der Waals surface area (Å²) in [7, 11) is -0.973. The normalized spacial score (nSPS) is 13.0. The molecule has 9 heavy (non-hydrogen) atoms. The molecule has 0 fully saturated rings. The van der Waals surface area contributed by atoms with Crippen molar-refractivity contribution in [3.8, 4) is 0 Å². The van der Waals surface area contributed by atoms with E-state index in [2.05, 4.69) is 11.3 Å². The third kappa shape index (κ3) is 6.02. The average molecular weight is 168 g/mol. The Morgan fingerprint density at radius 3 is 2.89 bits per heavy atom. The van der Waals surface area contributed by atoms with Crippen molar-refractivity contribution < 1.29 is 4.21 Å². The summed E-state index contributed by atoms with van der Waals surface area (Å²) in [6.45, 7) is 4.04. The molecule has 0 radical (unpaired) electrons. The summed E-state index contributed by atoms with van der Waals surface area (Å²) in [5, 5.41) is 0. The highest BCUT2D eigenvalue weighted by Crippen LogP contribution is 1.79. The highest BCUT2D eigenvalue weighted by molar-refractivity contribution is 7.83. The second kappa shape index (κ2) is 6.26. The van der Waals surface area contributed by atoms with Crippen LogP contribution < -0.4 is 4.72 Å². The summed E-state index contributed by atoms with van der Waals surface area (Å²) in [4.78, 5) is 0. The van der Waals surface area contributed by atoms with Crippen LogP contribution in [0.2, 0.25) is 0 Å². The minimum Gasteiger partial charge on any atom is -0.243 e. The van der Waals surface area contributed by atoms with Crippen LogP contribution in [-0.2, 0) is 11.0 Å². The van der Waals surface area contributed by atoms with Gasteiger partial charge in [-0.25, -0.2) is 8.93 Å². The van der Waals surface area contributed by atoms with Crippen LogP contribution in [0.3, 0.4) is 0 Å². The van der Waals surface area contributed by atoms with Crippen LogP contribution in [0.1, 0.15) is 0 Å². The van der Waals surface area contributed by atoms with Crippen LogP contribution in [0.5, 0.6) is 0 Å². The van der Waals surface area contributed by atoms with Gasteiger partial charge in [0.1, 0.15) is 0 Å². The maximum Gasteiger partial charge on any atom is 0.0930 e. The molecule has 0 aromatic heterocycles. The van der Waals surface area contributed by atoms with Crippen molar-refractivity contribution in [2.75, 3.05) is 18.2 Å². The van der Waals surface area contributed by atoms with Crippen molar-refractivity contribution in [2.45, 2.75) is 0 Å². The van der Waals surface area contributed by atoms with Crippen LogP contribution in [0.4, 0.5) is 0 Å². The van der Waals surface area contributed by atoms with Gasteiger partial charge in [-0.1, -0.05) is 6.08 Å². The Kier molecular flexibility index (Phi) is 6.36. The van der Waals surface area contributed by atoms with Crippen molar-refractivity contribution >= 4 is 22.6 Å². The first-order valence-electron chi connectivity index (χ1n) is 2.60. The van der Waals surface area contributed by atoms with Gasteiger partial charge in [0, 0.05) is 12.4 Å². The number of halogens is 1. The summed E-state index contributed by atoms with van der Waals surface area (Å²) < 4.78 is 13.4. The Labute approximate surface area is 62.9 Å². The largest absolute Gasteiger partial charge is 0.243 e. The molecule has 0 spiro atoms. The topological polar surface area (TPSA) is 29.1 Å². The van der Waals surface area contributed by atoms with Gasteiger partial charge in [0.15, 0.2) is 0 Å². The van der Waals surface area contributed by atoms with E-state index in [1.54, 1.807) is 6.08 Å². The van der Waals surface area contributed by atoms with E-state index >= 15 is 0 Å². The molecule has 54 valence electrons. The molecule has 4 heteroatoms. The third-order valence-corrected chi connectivity index (χ3v) is 2.13. The van der Waals surface area contributed by atoms with E-state index in [1.165, 1.54) is 0 Å². The minimum absolute atomic E-state index is 0.427. The maximum absolute atomic E-state index is 10.7. The number of hydrogen-bond acceptors (Lipinski definition) is 1. The molecule has 0 aromatic carbocycles. The molecule has 1 unspecified atom stereocenters. The fraction of sp³-hybridized carbons (Fsp3) is 0.600. The second-order valence-electron chi connectivity index (χ2n) is 1.38. The Balaban J connectivity index is 3.16. The molecule has 0 amide bonds. The lowest BCUT2D eigenvalue weighted by atomic mass is 10.7. The number of nitrogens with one attached hydrogen (secondary N) is 1. The highest BCUT2D eigenvalue weighted by Gasteiger charge is 1.92. The van der Waals surface area contributed by atoms with Gasteiger partial charge in [0.2, 0.25) is 0 Å². The first kappa shape index (κ1) is 9.14. The molecule has 0 saturated heterocycles. The molecule has 2 nitrogen and oxygen atoms in total. The zero-order valence-electron chi connectivity index (χ0n) is 5.10. The van der Waals surface area contributed by atoms with Crippen LogP contribution in [0.25, 0.3) is 0 Å². The first-order chi connectivity index (χ1) is 4.31. The lowest BCUT2D eigenvalue weighted by Gasteiger charge is -1.96. The summed E-state index contributed by atoms with van der Waals surface area (Å²) in [6, 6.07) is 0. The zero-order chi connectivity index (χ0) is 7.11. The smallest absolute Gasteiger partial charge is 0.0930 e. The molecular formula is C5H10ClNOS. The maximum atomic E-state index is 10.7. The molecule has 0 bridgehead atoms. The van der Waals surface area contributed by atoms with E-state index in [-0.39, 0.29) is 0 Å². The van der Waals surface area contributed by atoms with Crippen molar-refractivity contribution in [1.82, 2.24) is 4.72 Å². The summed E-state index contributed by atoms with van der Waals surface area (Å²) in [5.41, 5.74) is 0. The molecule has 0 heterocycles. The Morgan fingerprint density at radius 2 is 2.44 bits per heavy atom. The average Bonchev–Trinajstić information content (AvgIpc) is 1.85. The number of rotatable bonds is 5. The van der Waals surface area contributed by atoms with Crippen molar-refractivity contribution in [1.29, 1.82) is 0 Å². The fourth-order valence-corrected chi connectivity index (χ4v) is 1.30. The van der Waals surface area contributed by atoms with Gasteiger partial charge in [-0.2, -0.15) is 0 Å². The van der Waals surface area contributed by atoms with E-state index in [0.717, 1.165) is 0 Å². The minimum atomic E-state index is -0.973. The molecule has 0 aliphatic rings. The van der Waals surface area contributed by atoms with Gasteiger partial charge in [-0.05, 0) is 0 Å². The summed E-state index contributed by atoms with van der Waals surface area (Å²) >= 11 is 5.32. The SMILES string of the molecule is C=CCNS(=O)CCCl. The van der Waals surface area contributed by atoms with E-state index in [0.29, 0.717) is 18.2 Å². The van der Waals surface area contributed by atoms with E-state index < -0.39 is 11.0 Å². The van der Waals surface area contributed by atoms with Gasteiger partial charge in [0.25, 0.3) is 0 Å². The first-order valence-corrected chi connectivity index (χ1v) is 4.45. The van der Waals surface area contributed by atoms with Crippen LogP contribution in [-0.4, -0.2) is 22.4 Å². The molecule has 0 aliphatic carbocycles. The van der Waals surface area contributed by atoms with Gasteiger partial charge in [0.05, 0.1) is 16.7 Å². The van der Waals surface area contributed by atoms with Crippen molar-refractivity contribution in [3.05, 3.63) is 12.7 Å². The molecular weight excluding hydrogens is 158 g/mol. The van der Waals surface area contributed by atoms with Crippen LogP contribution in [0.15, 0.2) is 12.7 Å². The molecule has 1 atom stereocenters. The second-order valence-corrected chi connectivity index (χ2v) is 3.14.